The topological polar surface area (TPSA) is 70.2 Å². The Morgan fingerprint density at radius 1 is 0.933 bits per heavy atom. The second kappa shape index (κ2) is 10.1. The number of benzene rings is 3. The number of nitrogens with one attached hydrogen (secondary N) is 3. The van der Waals surface area contributed by atoms with Crippen LogP contribution in [0.1, 0.15) is 28.9 Å². The summed E-state index contributed by atoms with van der Waals surface area (Å²) in [4.78, 5) is 24.9. The van der Waals surface area contributed by atoms with E-state index in [2.05, 4.69) is 16.0 Å². The second-order valence-electron chi connectivity index (χ2n) is 6.71. The van der Waals surface area contributed by atoms with Gasteiger partial charge in [0.2, 0.25) is 5.91 Å². The van der Waals surface area contributed by atoms with Crippen LogP contribution in [0.3, 0.4) is 0 Å². The lowest BCUT2D eigenvalue weighted by Crippen LogP contribution is -2.27. The Morgan fingerprint density at radius 2 is 1.70 bits per heavy atom. The summed E-state index contributed by atoms with van der Waals surface area (Å²) in [5, 5.41) is 9.67. The van der Waals surface area contributed by atoms with Crippen LogP contribution in [-0.4, -0.2) is 18.4 Å². The molecule has 1 unspecified atom stereocenters. The average Bonchev–Trinajstić information content (AvgIpc) is 2.75. The molecule has 30 heavy (non-hydrogen) atoms. The van der Waals surface area contributed by atoms with E-state index in [9.17, 15) is 9.59 Å². The number of hydrogen-bond donors (Lipinski definition) is 3. The fourth-order valence-corrected chi connectivity index (χ4v) is 3.21. The van der Waals surface area contributed by atoms with Crippen LogP contribution >= 0.6 is 23.2 Å². The van der Waals surface area contributed by atoms with E-state index in [-0.39, 0.29) is 24.4 Å². The Labute approximate surface area is 185 Å². The molecule has 3 N–H and O–H groups in total. The van der Waals surface area contributed by atoms with Crippen molar-refractivity contribution in [3.05, 3.63) is 94.0 Å². The first-order valence-electron chi connectivity index (χ1n) is 9.37. The van der Waals surface area contributed by atoms with Crippen LogP contribution in [0.2, 0.25) is 10.0 Å². The molecule has 1 atom stereocenters. The highest BCUT2D eigenvalue weighted by Gasteiger charge is 2.12. The summed E-state index contributed by atoms with van der Waals surface area (Å²) in [6.07, 6.45) is 0. The first-order valence-corrected chi connectivity index (χ1v) is 10.1. The van der Waals surface area contributed by atoms with Crippen molar-refractivity contribution >= 4 is 46.4 Å². The fraction of sp³-hybridized carbons (Fsp3) is 0.130. The predicted octanol–water partition coefficient (Wildman–Crippen LogP) is 5.54. The van der Waals surface area contributed by atoms with Crippen molar-refractivity contribution in [1.82, 2.24) is 5.32 Å². The first kappa shape index (κ1) is 21.7. The Morgan fingerprint density at radius 3 is 2.47 bits per heavy atom. The van der Waals surface area contributed by atoms with Crippen LogP contribution < -0.4 is 16.0 Å². The van der Waals surface area contributed by atoms with Crippen molar-refractivity contribution in [2.45, 2.75) is 13.0 Å². The van der Waals surface area contributed by atoms with Gasteiger partial charge in [-0.1, -0.05) is 59.6 Å². The van der Waals surface area contributed by atoms with Crippen LogP contribution in [0.25, 0.3) is 0 Å². The normalized spacial score (nSPS) is 11.4. The number of hydrogen-bond acceptors (Lipinski definition) is 3. The smallest absolute Gasteiger partial charge is 0.251 e. The van der Waals surface area contributed by atoms with Gasteiger partial charge in [-0.25, -0.2) is 0 Å². The lowest BCUT2D eigenvalue weighted by Gasteiger charge is -2.15. The van der Waals surface area contributed by atoms with Gasteiger partial charge in [-0.15, -0.1) is 0 Å². The summed E-state index contributed by atoms with van der Waals surface area (Å²) in [6, 6.07) is 21.3. The molecule has 0 radical (unpaired) electrons. The van der Waals surface area contributed by atoms with E-state index in [1.165, 1.54) is 0 Å². The first-order chi connectivity index (χ1) is 14.4. The molecule has 5 nitrogen and oxygen atoms in total. The van der Waals surface area contributed by atoms with Gasteiger partial charge in [-0.3, -0.25) is 9.59 Å². The molecule has 0 saturated heterocycles. The monoisotopic (exact) mass is 441 g/mol. The highest BCUT2D eigenvalue weighted by atomic mass is 35.5. The zero-order valence-corrected chi connectivity index (χ0v) is 17.8. The zero-order valence-electron chi connectivity index (χ0n) is 16.3. The SMILES string of the molecule is CC(NC(=O)c1cccc(NC(=O)CNc2cc(Cl)ccc2Cl)c1)c1ccccc1. The van der Waals surface area contributed by atoms with Gasteiger partial charge in [0.25, 0.3) is 5.91 Å². The molecule has 0 aliphatic heterocycles. The van der Waals surface area contributed by atoms with Crippen molar-refractivity contribution < 1.29 is 9.59 Å². The molecule has 3 aromatic carbocycles. The third-order valence-electron chi connectivity index (χ3n) is 4.42. The molecule has 0 fully saturated rings. The molecular formula is C23H21Cl2N3O2. The minimum Gasteiger partial charge on any atom is -0.375 e. The molecule has 0 spiro atoms. The van der Waals surface area contributed by atoms with Crippen molar-refractivity contribution in [1.29, 1.82) is 0 Å². The largest absolute Gasteiger partial charge is 0.375 e. The fourth-order valence-electron chi connectivity index (χ4n) is 2.86. The molecule has 154 valence electrons. The van der Waals surface area contributed by atoms with Crippen LogP contribution in [0.5, 0.6) is 0 Å². The molecule has 0 heterocycles. The van der Waals surface area contributed by atoms with Crippen molar-refractivity contribution in [3.63, 3.8) is 0 Å². The standard InChI is InChI=1S/C23H21Cl2N3O2/c1-15(16-6-3-2-4-7-16)27-23(30)17-8-5-9-19(12-17)28-22(29)14-26-21-13-18(24)10-11-20(21)25/h2-13,15,26H,14H2,1H3,(H,27,30)(H,28,29). The van der Waals surface area contributed by atoms with Crippen LogP contribution in [0, 0.1) is 0 Å². The van der Waals surface area contributed by atoms with E-state index < -0.39 is 0 Å². The Balaban J connectivity index is 1.58. The highest BCUT2D eigenvalue weighted by molar-refractivity contribution is 6.35. The maximum atomic E-state index is 12.6. The van der Waals surface area contributed by atoms with Gasteiger partial charge < -0.3 is 16.0 Å². The number of anilines is 2. The highest BCUT2D eigenvalue weighted by Crippen LogP contribution is 2.25. The Hall–Kier alpha value is -3.02. The number of rotatable bonds is 7. The van der Waals surface area contributed by atoms with Crippen LogP contribution in [0.4, 0.5) is 11.4 Å². The Bertz CT molecular complexity index is 1040. The molecule has 3 aromatic rings. The summed E-state index contributed by atoms with van der Waals surface area (Å²) < 4.78 is 0. The van der Waals surface area contributed by atoms with Crippen molar-refractivity contribution in [2.24, 2.45) is 0 Å². The molecule has 2 amide bonds. The maximum absolute atomic E-state index is 12.6. The zero-order chi connectivity index (χ0) is 21.5. The molecule has 0 aliphatic rings. The number of carbonyl (C=O) groups excluding carboxylic acids is 2. The van der Waals surface area contributed by atoms with Gasteiger partial charge in [0, 0.05) is 16.3 Å². The molecule has 3 rings (SSSR count). The predicted molar refractivity (Wildman–Crippen MR) is 122 cm³/mol. The van der Waals surface area contributed by atoms with E-state index in [4.69, 9.17) is 23.2 Å². The van der Waals surface area contributed by atoms with Gasteiger partial charge in [-0.2, -0.15) is 0 Å². The maximum Gasteiger partial charge on any atom is 0.251 e. The van der Waals surface area contributed by atoms with E-state index in [0.717, 1.165) is 5.56 Å². The van der Waals surface area contributed by atoms with E-state index >= 15 is 0 Å². The van der Waals surface area contributed by atoms with Gasteiger partial charge >= 0.3 is 0 Å². The molecule has 0 aromatic heterocycles. The quantitative estimate of drug-likeness (QED) is 0.450. The molecule has 0 saturated carbocycles. The molecule has 0 aliphatic carbocycles. The Kier molecular flexibility index (Phi) is 7.33. The van der Waals surface area contributed by atoms with Gasteiger partial charge in [0.05, 0.1) is 23.3 Å². The van der Waals surface area contributed by atoms with Crippen molar-refractivity contribution in [3.8, 4) is 0 Å². The number of carbonyl (C=O) groups is 2. The second-order valence-corrected chi connectivity index (χ2v) is 7.56. The summed E-state index contributed by atoms with van der Waals surface area (Å²) in [7, 11) is 0. The third kappa shape index (κ3) is 5.99. The lowest BCUT2D eigenvalue weighted by atomic mass is 10.1. The summed E-state index contributed by atoms with van der Waals surface area (Å²) in [5.41, 5.74) is 2.57. The van der Waals surface area contributed by atoms with Crippen molar-refractivity contribution in [2.75, 3.05) is 17.2 Å². The van der Waals surface area contributed by atoms with E-state index in [0.29, 0.717) is 27.0 Å². The number of halogens is 2. The minimum atomic E-state index is -0.277. The minimum absolute atomic E-state index is 0.00152. The third-order valence-corrected chi connectivity index (χ3v) is 4.99. The summed E-state index contributed by atoms with van der Waals surface area (Å²) in [5.74, 6) is -0.493. The van der Waals surface area contributed by atoms with Crippen LogP contribution in [-0.2, 0) is 4.79 Å². The molecule has 7 heteroatoms. The summed E-state index contributed by atoms with van der Waals surface area (Å²) in [6.45, 7) is 1.92. The molecular weight excluding hydrogens is 421 g/mol. The van der Waals surface area contributed by atoms with Gasteiger partial charge in [-0.05, 0) is 48.9 Å². The van der Waals surface area contributed by atoms with Gasteiger partial charge in [0.15, 0.2) is 0 Å². The van der Waals surface area contributed by atoms with Crippen LogP contribution in [0.15, 0.2) is 72.8 Å². The molecule has 0 bridgehead atoms. The van der Waals surface area contributed by atoms with Gasteiger partial charge in [0.1, 0.15) is 0 Å². The number of amides is 2. The summed E-state index contributed by atoms with van der Waals surface area (Å²) >= 11 is 12.0. The van der Waals surface area contributed by atoms with E-state index in [1.807, 2.05) is 37.3 Å². The van der Waals surface area contributed by atoms with E-state index in [1.54, 1.807) is 42.5 Å². The lowest BCUT2D eigenvalue weighted by molar-refractivity contribution is -0.114. The average molecular weight is 442 g/mol.